The number of carboxylic acids is 1. The molecule has 0 aromatic carbocycles. The number of hydrogen-bond acceptors (Lipinski definition) is 5. The number of carbonyl (C=O) groups is 1. The standard InChI is InChI=1S/C13H11N3O3S/c17-12(18)8-20-13-15-10-6-14-4-3-11(10)16(13)7-9-2-1-5-19-9/h1-6H,7-8H2,(H,17,18). The van der Waals surface area contributed by atoms with Gasteiger partial charge in [-0.25, -0.2) is 4.98 Å². The van der Waals surface area contributed by atoms with E-state index in [9.17, 15) is 4.79 Å². The zero-order chi connectivity index (χ0) is 13.9. The summed E-state index contributed by atoms with van der Waals surface area (Å²) in [6.07, 6.45) is 4.97. The summed E-state index contributed by atoms with van der Waals surface area (Å²) in [6.45, 7) is 0.509. The Morgan fingerprint density at radius 3 is 3.10 bits per heavy atom. The van der Waals surface area contributed by atoms with Crippen LogP contribution in [0.3, 0.4) is 0 Å². The molecule has 0 radical (unpaired) electrons. The van der Waals surface area contributed by atoms with Crippen LogP contribution in [0, 0.1) is 0 Å². The lowest BCUT2D eigenvalue weighted by molar-refractivity contribution is -0.133. The minimum absolute atomic E-state index is 0.0328. The lowest BCUT2D eigenvalue weighted by atomic mass is 10.4. The molecule has 102 valence electrons. The largest absolute Gasteiger partial charge is 0.481 e. The van der Waals surface area contributed by atoms with E-state index < -0.39 is 5.97 Å². The van der Waals surface area contributed by atoms with Crippen molar-refractivity contribution >= 4 is 28.8 Å². The van der Waals surface area contributed by atoms with Gasteiger partial charge in [0.15, 0.2) is 5.16 Å². The van der Waals surface area contributed by atoms with Crippen LogP contribution in [0.25, 0.3) is 11.0 Å². The third-order valence-corrected chi connectivity index (χ3v) is 3.70. The van der Waals surface area contributed by atoms with Crippen molar-refractivity contribution in [3.63, 3.8) is 0 Å². The molecule has 7 heteroatoms. The van der Waals surface area contributed by atoms with Gasteiger partial charge >= 0.3 is 5.97 Å². The van der Waals surface area contributed by atoms with Gasteiger partial charge in [0, 0.05) is 6.20 Å². The summed E-state index contributed by atoms with van der Waals surface area (Å²) in [5.74, 6) is -0.113. The average Bonchev–Trinajstić information content (AvgIpc) is 3.05. The molecule has 0 aliphatic carbocycles. The van der Waals surface area contributed by atoms with Crippen LogP contribution >= 0.6 is 11.8 Å². The third kappa shape index (κ3) is 2.53. The van der Waals surface area contributed by atoms with Crippen LogP contribution in [-0.2, 0) is 11.3 Å². The van der Waals surface area contributed by atoms with Crippen molar-refractivity contribution in [3.05, 3.63) is 42.6 Å². The first kappa shape index (κ1) is 12.7. The molecule has 3 aromatic heterocycles. The molecule has 0 atom stereocenters. The topological polar surface area (TPSA) is 81.1 Å². The normalized spacial score (nSPS) is 11.0. The second-order valence-electron chi connectivity index (χ2n) is 4.11. The summed E-state index contributed by atoms with van der Waals surface area (Å²) in [5.41, 5.74) is 1.65. The molecular weight excluding hydrogens is 278 g/mol. The fraction of sp³-hybridized carbons (Fsp3) is 0.154. The summed E-state index contributed by atoms with van der Waals surface area (Å²) in [5, 5.41) is 9.45. The van der Waals surface area contributed by atoms with Crippen molar-refractivity contribution in [2.45, 2.75) is 11.7 Å². The van der Waals surface area contributed by atoms with Crippen LogP contribution in [0.15, 0.2) is 46.4 Å². The summed E-state index contributed by atoms with van der Waals surface area (Å²) in [4.78, 5) is 19.2. The Labute approximate surface area is 118 Å². The molecule has 0 spiro atoms. The van der Waals surface area contributed by atoms with Crippen molar-refractivity contribution < 1.29 is 14.3 Å². The maximum atomic E-state index is 10.7. The molecule has 0 fully saturated rings. The predicted molar refractivity (Wildman–Crippen MR) is 73.7 cm³/mol. The highest BCUT2D eigenvalue weighted by molar-refractivity contribution is 7.99. The van der Waals surface area contributed by atoms with Crippen molar-refractivity contribution in [2.24, 2.45) is 0 Å². The van der Waals surface area contributed by atoms with Crippen LogP contribution < -0.4 is 0 Å². The number of pyridine rings is 1. The Morgan fingerprint density at radius 1 is 1.45 bits per heavy atom. The second kappa shape index (κ2) is 5.38. The fourth-order valence-corrected chi connectivity index (χ4v) is 2.64. The van der Waals surface area contributed by atoms with Crippen molar-refractivity contribution in [1.29, 1.82) is 0 Å². The number of imidazole rings is 1. The summed E-state index contributed by atoms with van der Waals surface area (Å²) in [7, 11) is 0. The third-order valence-electron chi connectivity index (χ3n) is 2.73. The Bertz CT molecular complexity index is 736. The summed E-state index contributed by atoms with van der Waals surface area (Å²) < 4.78 is 7.28. The highest BCUT2D eigenvalue weighted by atomic mass is 32.2. The number of hydrogen-bond donors (Lipinski definition) is 1. The second-order valence-corrected chi connectivity index (χ2v) is 5.05. The highest BCUT2D eigenvalue weighted by Crippen LogP contribution is 2.24. The number of furan rings is 1. The zero-order valence-corrected chi connectivity index (χ0v) is 11.2. The van der Waals surface area contributed by atoms with Gasteiger partial charge in [0.2, 0.25) is 0 Å². The predicted octanol–water partition coefficient (Wildman–Crippen LogP) is 2.25. The molecular formula is C13H11N3O3S. The van der Waals surface area contributed by atoms with Gasteiger partial charge in [0.25, 0.3) is 0 Å². The molecule has 0 aliphatic heterocycles. The SMILES string of the molecule is O=C(O)CSc1nc2cnccc2n1Cc1ccco1. The molecule has 3 aromatic rings. The van der Waals surface area contributed by atoms with Crippen LogP contribution in [0.4, 0.5) is 0 Å². The van der Waals surface area contributed by atoms with Crippen molar-refractivity contribution in [2.75, 3.05) is 5.75 Å². The monoisotopic (exact) mass is 289 g/mol. The molecule has 0 saturated heterocycles. The van der Waals surface area contributed by atoms with Gasteiger partial charge < -0.3 is 14.1 Å². The summed E-state index contributed by atoms with van der Waals surface area (Å²) >= 11 is 1.19. The summed E-state index contributed by atoms with van der Waals surface area (Å²) in [6, 6.07) is 5.55. The van der Waals surface area contributed by atoms with Gasteiger partial charge in [0.05, 0.1) is 30.3 Å². The van der Waals surface area contributed by atoms with Crippen LogP contribution in [0.2, 0.25) is 0 Å². The number of fused-ring (bicyclic) bond motifs is 1. The molecule has 0 unspecified atom stereocenters. The van der Waals surface area contributed by atoms with Crippen molar-refractivity contribution in [1.82, 2.24) is 14.5 Å². The van der Waals surface area contributed by atoms with E-state index in [1.165, 1.54) is 11.8 Å². The molecule has 1 N–H and O–H groups in total. The van der Waals surface area contributed by atoms with Crippen molar-refractivity contribution in [3.8, 4) is 0 Å². The average molecular weight is 289 g/mol. The van der Waals surface area contributed by atoms with Gasteiger partial charge in [-0.2, -0.15) is 0 Å². The zero-order valence-electron chi connectivity index (χ0n) is 10.4. The highest BCUT2D eigenvalue weighted by Gasteiger charge is 2.13. The van der Waals surface area contributed by atoms with Gasteiger partial charge in [-0.15, -0.1) is 0 Å². The Kier molecular flexibility index (Phi) is 3.42. The number of aromatic nitrogens is 3. The van der Waals surface area contributed by atoms with E-state index in [0.29, 0.717) is 11.7 Å². The molecule has 3 heterocycles. The Balaban J connectivity index is 2.01. The molecule has 0 bridgehead atoms. The van der Waals surface area contributed by atoms with Gasteiger partial charge in [-0.3, -0.25) is 9.78 Å². The van der Waals surface area contributed by atoms with Gasteiger partial charge in [0.1, 0.15) is 11.3 Å². The Morgan fingerprint density at radius 2 is 2.35 bits per heavy atom. The van der Waals surface area contributed by atoms with Crippen LogP contribution in [0.5, 0.6) is 0 Å². The maximum Gasteiger partial charge on any atom is 0.313 e. The quantitative estimate of drug-likeness (QED) is 0.725. The van der Waals surface area contributed by atoms with E-state index >= 15 is 0 Å². The van der Waals surface area contributed by atoms with E-state index in [4.69, 9.17) is 9.52 Å². The lowest BCUT2D eigenvalue weighted by Gasteiger charge is -2.05. The fourth-order valence-electron chi connectivity index (χ4n) is 1.91. The van der Waals surface area contributed by atoms with Gasteiger partial charge in [-0.05, 0) is 18.2 Å². The van der Waals surface area contributed by atoms with E-state index in [2.05, 4.69) is 9.97 Å². The van der Waals surface area contributed by atoms with E-state index in [0.717, 1.165) is 16.8 Å². The number of thioether (sulfide) groups is 1. The molecule has 3 rings (SSSR count). The molecule has 0 aliphatic rings. The minimum atomic E-state index is -0.871. The van der Waals surface area contributed by atoms with Crippen LogP contribution in [-0.4, -0.2) is 31.4 Å². The maximum absolute atomic E-state index is 10.7. The number of nitrogens with zero attached hydrogens (tertiary/aromatic N) is 3. The first-order chi connectivity index (χ1) is 9.74. The lowest BCUT2D eigenvalue weighted by Crippen LogP contribution is -2.04. The van der Waals surface area contributed by atoms with Crippen LogP contribution in [0.1, 0.15) is 5.76 Å². The number of rotatable bonds is 5. The molecule has 0 saturated carbocycles. The molecule has 0 amide bonds. The first-order valence-corrected chi connectivity index (χ1v) is 6.90. The van der Waals surface area contributed by atoms with Gasteiger partial charge in [-0.1, -0.05) is 11.8 Å². The first-order valence-electron chi connectivity index (χ1n) is 5.91. The smallest absolute Gasteiger partial charge is 0.313 e. The Hall–Kier alpha value is -2.28. The molecule has 6 nitrogen and oxygen atoms in total. The van der Waals surface area contributed by atoms with E-state index in [1.807, 2.05) is 22.8 Å². The van der Waals surface area contributed by atoms with E-state index in [-0.39, 0.29) is 5.75 Å². The molecule has 20 heavy (non-hydrogen) atoms. The number of aliphatic carboxylic acids is 1. The minimum Gasteiger partial charge on any atom is -0.481 e. The number of carboxylic acid groups (broad SMARTS) is 1. The van der Waals surface area contributed by atoms with E-state index in [1.54, 1.807) is 18.7 Å².